The maximum Gasteiger partial charge on any atom is 0.238 e. The van der Waals surface area contributed by atoms with E-state index < -0.39 is 11.3 Å². The first kappa shape index (κ1) is 22.1. The van der Waals surface area contributed by atoms with Crippen molar-refractivity contribution in [1.82, 2.24) is 4.90 Å². The highest BCUT2D eigenvalue weighted by molar-refractivity contribution is 6.10. The van der Waals surface area contributed by atoms with E-state index in [1.165, 1.54) is 11.1 Å². The number of nitrogens with two attached hydrogens (primary N) is 1. The molecule has 0 unspecified atom stereocenters. The number of hydrogen-bond donors (Lipinski definition) is 2. The van der Waals surface area contributed by atoms with E-state index in [1.807, 2.05) is 36.1 Å². The molecule has 1 saturated heterocycles. The average Bonchev–Trinajstić information content (AvgIpc) is 3.07. The summed E-state index contributed by atoms with van der Waals surface area (Å²) in [7, 11) is 0. The van der Waals surface area contributed by atoms with E-state index in [4.69, 9.17) is 5.73 Å². The van der Waals surface area contributed by atoms with Crippen LogP contribution >= 0.6 is 0 Å². The van der Waals surface area contributed by atoms with Crippen LogP contribution < -0.4 is 10.6 Å². The summed E-state index contributed by atoms with van der Waals surface area (Å²) in [5, 5.41) is 10.9. The molecular weight excluding hydrogens is 414 g/mol. The minimum atomic E-state index is -0.863. The molecular formula is C27H33N3O3. The van der Waals surface area contributed by atoms with E-state index in [2.05, 4.69) is 29.2 Å². The molecule has 0 saturated carbocycles. The zero-order valence-corrected chi connectivity index (χ0v) is 19.2. The number of rotatable bonds is 5. The summed E-state index contributed by atoms with van der Waals surface area (Å²) in [6.07, 6.45) is 3.60. The molecule has 174 valence electrons. The maximum absolute atomic E-state index is 13.8. The van der Waals surface area contributed by atoms with Gasteiger partial charge < -0.3 is 15.7 Å². The van der Waals surface area contributed by atoms with E-state index in [0.717, 1.165) is 50.0 Å². The average molecular weight is 448 g/mol. The van der Waals surface area contributed by atoms with Crippen LogP contribution in [-0.4, -0.2) is 47.1 Å². The van der Waals surface area contributed by atoms with Gasteiger partial charge in [-0.05, 0) is 54.9 Å². The second kappa shape index (κ2) is 8.58. The Morgan fingerprint density at radius 1 is 1.09 bits per heavy atom. The molecule has 1 aliphatic carbocycles. The largest absolute Gasteiger partial charge is 0.391 e. The lowest BCUT2D eigenvalue weighted by Gasteiger charge is -2.44. The van der Waals surface area contributed by atoms with Gasteiger partial charge in [0.25, 0.3) is 0 Å². The van der Waals surface area contributed by atoms with E-state index in [-0.39, 0.29) is 30.5 Å². The van der Waals surface area contributed by atoms with Crippen LogP contribution in [0.2, 0.25) is 0 Å². The molecule has 2 aromatic carbocycles. The smallest absolute Gasteiger partial charge is 0.238 e. The number of primary amides is 1. The number of carbonyl (C=O) groups is 2. The third-order valence-corrected chi connectivity index (χ3v) is 8.09. The summed E-state index contributed by atoms with van der Waals surface area (Å²) in [4.78, 5) is 30.1. The molecule has 2 aromatic rings. The molecule has 0 aromatic heterocycles. The summed E-state index contributed by atoms with van der Waals surface area (Å²) < 4.78 is 0. The Kier molecular flexibility index (Phi) is 5.75. The number of nitrogens with zero attached hydrogens (tertiary/aromatic N) is 2. The van der Waals surface area contributed by atoms with Crippen molar-refractivity contribution < 1.29 is 14.7 Å². The van der Waals surface area contributed by atoms with Gasteiger partial charge in [0.15, 0.2) is 0 Å². The third-order valence-electron chi connectivity index (χ3n) is 8.09. The van der Waals surface area contributed by atoms with Crippen LogP contribution in [0.15, 0.2) is 48.5 Å². The summed E-state index contributed by atoms with van der Waals surface area (Å²) in [6, 6.07) is 16.4. The molecule has 6 nitrogen and oxygen atoms in total. The number of para-hydroxylation sites is 1. The number of carbonyl (C=O) groups excluding carboxylic acids is 2. The Bertz CT molecular complexity index is 1060. The third kappa shape index (κ3) is 3.56. The minimum Gasteiger partial charge on any atom is -0.391 e. The number of anilines is 1. The first-order valence-corrected chi connectivity index (χ1v) is 12.2. The van der Waals surface area contributed by atoms with E-state index in [9.17, 15) is 14.7 Å². The van der Waals surface area contributed by atoms with Crippen molar-refractivity contribution in [3.63, 3.8) is 0 Å². The van der Waals surface area contributed by atoms with E-state index in [0.29, 0.717) is 6.42 Å². The number of piperidine rings is 1. The van der Waals surface area contributed by atoms with Crippen molar-refractivity contribution in [2.45, 2.75) is 69.1 Å². The number of fused-ring (bicyclic) bond motifs is 2. The summed E-state index contributed by atoms with van der Waals surface area (Å²) in [5.41, 5.74) is 9.15. The van der Waals surface area contributed by atoms with Gasteiger partial charge in [-0.1, -0.05) is 49.4 Å². The first-order chi connectivity index (χ1) is 16.0. The minimum absolute atomic E-state index is 0.00602. The molecule has 2 heterocycles. The Balaban J connectivity index is 1.39. The fraction of sp³-hybridized carbons (Fsp3) is 0.481. The van der Waals surface area contributed by atoms with Gasteiger partial charge in [0.05, 0.1) is 17.6 Å². The molecule has 2 aliphatic heterocycles. The fourth-order valence-electron chi connectivity index (χ4n) is 6.42. The number of benzene rings is 2. The lowest BCUT2D eigenvalue weighted by Crippen LogP contribution is -2.52. The standard InChI is InChI=1S/C27H33N3O3/c1-2-27(17-24(28)32)21-9-5-6-10-22(21)30(26(27)33)19-13-15-29(16-14-19)25-20-8-4-3-7-18(20)11-12-23(25)31/h3-10,19,23,25,31H,2,11-17H2,1H3,(H2,28,32)/t23-,25-,27+/m1/s1. The molecule has 1 fully saturated rings. The van der Waals surface area contributed by atoms with Crippen LogP contribution in [-0.2, 0) is 21.4 Å². The van der Waals surface area contributed by atoms with Crippen LogP contribution in [0.3, 0.4) is 0 Å². The highest BCUT2D eigenvalue weighted by atomic mass is 16.3. The molecule has 3 atom stereocenters. The molecule has 5 rings (SSSR count). The number of aryl methyl sites for hydroxylation is 1. The van der Waals surface area contributed by atoms with Crippen molar-refractivity contribution in [3.05, 3.63) is 65.2 Å². The van der Waals surface area contributed by atoms with Gasteiger partial charge in [-0.15, -0.1) is 0 Å². The van der Waals surface area contributed by atoms with Gasteiger partial charge in [0.2, 0.25) is 11.8 Å². The lowest BCUT2D eigenvalue weighted by atomic mass is 9.76. The summed E-state index contributed by atoms with van der Waals surface area (Å²) >= 11 is 0. The number of aliphatic hydroxyl groups is 1. The number of hydrogen-bond acceptors (Lipinski definition) is 4. The molecule has 3 N–H and O–H groups in total. The van der Waals surface area contributed by atoms with Crippen LogP contribution in [0.25, 0.3) is 0 Å². The topological polar surface area (TPSA) is 86.9 Å². The number of aliphatic hydroxyl groups excluding tert-OH is 1. The Morgan fingerprint density at radius 3 is 2.52 bits per heavy atom. The van der Waals surface area contributed by atoms with Crippen molar-refractivity contribution >= 4 is 17.5 Å². The number of likely N-dealkylation sites (tertiary alicyclic amines) is 1. The fourth-order valence-corrected chi connectivity index (χ4v) is 6.42. The van der Waals surface area contributed by atoms with Gasteiger partial charge in [-0.3, -0.25) is 14.5 Å². The predicted molar refractivity (Wildman–Crippen MR) is 128 cm³/mol. The second-order valence-electron chi connectivity index (χ2n) is 9.79. The molecule has 3 aliphatic rings. The van der Waals surface area contributed by atoms with Crippen LogP contribution in [0.1, 0.15) is 61.8 Å². The Labute approximate surface area is 195 Å². The molecule has 0 spiro atoms. The Morgan fingerprint density at radius 2 is 1.79 bits per heavy atom. The van der Waals surface area contributed by atoms with Gasteiger partial charge >= 0.3 is 0 Å². The first-order valence-electron chi connectivity index (χ1n) is 12.2. The Hall–Kier alpha value is -2.70. The van der Waals surface area contributed by atoms with Crippen LogP contribution in [0.4, 0.5) is 5.69 Å². The van der Waals surface area contributed by atoms with Gasteiger partial charge in [0.1, 0.15) is 0 Å². The van der Waals surface area contributed by atoms with Crippen LogP contribution in [0.5, 0.6) is 0 Å². The SMILES string of the molecule is CC[C@@]1(CC(N)=O)C(=O)N(C2CCN([C@@H]3c4ccccc4CC[C@H]3O)CC2)c2ccccc21. The zero-order valence-electron chi connectivity index (χ0n) is 19.2. The molecule has 0 bridgehead atoms. The van der Waals surface area contributed by atoms with Crippen molar-refractivity contribution in [3.8, 4) is 0 Å². The predicted octanol–water partition coefficient (Wildman–Crippen LogP) is 3.07. The summed E-state index contributed by atoms with van der Waals surface area (Å²) in [5.74, 6) is -0.437. The van der Waals surface area contributed by atoms with Gasteiger partial charge in [0, 0.05) is 31.2 Å². The quantitative estimate of drug-likeness (QED) is 0.738. The van der Waals surface area contributed by atoms with E-state index in [1.54, 1.807) is 0 Å². The summed E-state index contributed by atoms with van der Waals surface area (Å²) in [6.45, 7) is 3.61. The maximum atomic E-state index is 13.8. The van der Waals surface area contributed by atoms with Crippen molar-refractivity contribution in [1.29, 1.82) is 0 Å². The molecule has 33 heavy (non-hydrogen) atoms. The lowest BCUT2D eigenvalue weighted by molar-refractivity contribution is -0.129. The highest BCUT2D eigenvalue weighted by Gasteiger charge is 2.52. The molecule has 2 amide bonds. The monoisotopic (exact) mass is 447 g/mol. The highest BCUT2D eigenvalue weighted by Crippen LogP contribution is 2.48. The van der Waals surface area contributed by atoms with Crippen molar-refractivity contribution in [2.75, 3.05) is 18.0 Å². The van der Waals surface area contributed by atoms with E-state index >= 15 is 0 Å². The molecule has 6 heteroatoms. The van der Waals surface area contributed by atoms with Crippen molar-refractivity contribution in [2.24, 2.45) is 5.73 Å². The van der Waals surface area contributed by atoms with Gasteiger partial charge in [-0.25, -0.2) is 0 Å². The zero-order chi connectivity index (χ0) is 23.2. The number of amides is 2. The van der Waals surface area contributed by atoms with Crippen LogP contribution in [0, 0.1) is 0 Å². The molecule has 0 radical (unpaired) electrons. The normalized spacial score (nSPS) is 27.9. The second-order valence-corrected chi connectivity index (χ2v) is 9.79. The van der Waals surface area contributed by atoms with Gasteiger partial charge in [-0.2, -0.15) is 0 Å².